The summed E-state index contributed by atoms with van der Waals surface area (Å²) in [5.74, 6) is 0. The molecule has 1 unspecified atom stereocenters. The number of benzene rings is 2. The van der Waals surface area contributed by atoms with Crippen molar-refractivity contribution in [1.82, 2.24) is 15.2 Å². The van der Waals surface area contributed by atoms with E-state index in [0.717, 1.165) is 22.0 Å². The molecule has 1 aromatic heterocycles. The van der Waals surface area contributed by atoms with E-state index in [1.165, 1.54) is 0 Å². The molecule has 124 valence electrons. The van der Waals surface area contributed by atoms with E-state index in [1.54, 1.807) is 0 Å². The average Bonchev–Trinajstić information content (AvgIpc) is 2.96. The lowest BCUT2D eigenvalue weighted by atomic mass is 10.1. The minimum Gasteiger partial charge on any atom is -0.386 e. The number of aliphatic hydroxyl groups is 1. The summed E-state index contributed by atoms with van der Waals surface area (Å²) in [6.45, 7) is 0.617. The van der Waals surface area contributed by atoms with E-state index in [0.29, 0.717) is 6.54 Å². The molecule has 1 atom stereocenters. The van der Waals surface area contributed by atoms with Crippen molar-refractivity contribution in [1.29, 1.82) is 0 Å². The first-order chi connectivity index (χ1) is 11.6. The van der Waals surface area contributed by atoms with Crippen molar-refractivity contribution in [2.24, 2.45) is 7.05 Å². The van der Waals surface area contributed by atoms with Crippen molar-refractivity contribution in [3.63, 3.8) is 0 Å². The molecule has 3 N–H and O–H groups in total. The molecule has 5 nitrogen and oxygen atoms in total. The molecule has 5 heteroatoms. The number of hydrogen-bond acceptors (Lipinski definition) is 2. The molecule has 0 bridgehead atoms. The number of nitrogens with one attached hydrogen (secondary N) is 2. The summed E-state index contributed by atoms with van der Waals surface area (Å²) in [6, 6.07) is 17.3. The Morgan fingerprint density at radius 3 is 2.58 bits per heavy atom. The molecule has 0 radical (unpaired) electrons. The molecule has 2 amide bonds. The molecule has 0 aliphatic heterocycles. The van der Waals surface area contributed by atoms with Crippen LogP contribution in [-0.4, -0.2) is 22.2 Å². The van der Waals surface area contributed by atoms with Gasteiger partial charge in [-0.3, -0.25) is 0 Å². The summed E-state index contributed by atoms with van der Waals surface area (Å²) in [5, 5.41) is 16.9. The van der Waals surface area contributed by atoms with E-state index in [2.05, 4.69) is 10.6 Å². The maximum absolute atomic E-state index is 11.9. The zero-order valence-electron chi connectivity index (χ0n) is 13.6. The molecular weight excluding hydrogens is 302 g/mol. The van der Waals surface area contributed by atoms with Gasteiger partial charge < -0.3 is 20.3 Å². The van der Waals surface area contributed by atoms with Gasteiger partial charge in [0, 0.05) is 42.8 Å². The van der Waals surface area contributed by atoms with Crippen LogP contribution in [0.3, 0.4) is 0 Å². The second kappa shape index (κ2) is 7.19. The normalized spacial score (nSPS) is 12.1. The summed E-state index contributed by atoms with van der Waals surface area (Å²) in [4.78, 5) is 11.9. The summed E-state index contributed by atoms with van der Waals surface area (Å²) in [5.41, 5.74) is 2.90. The molecule has 0 saturated heterocycles. The fourth-order valence-electron chi connectivity index (χ4n) is 2.78. The van der Waals surface area contributed by atoms with E-state index < -0.39 is 6.10 Å². The summed E-state index contributed by atoms with van der Waals surface area (Å²) < 4.78 is 1.98. The monoisotopic (exact) mass is 323 g/mol. The highest BCUT2D eigenvalue weighted by Crippen LogP contribution is 2.25. The molecule has 0 saturated carbocycles. The van der Waals surface area contributed by atoms with Gasteiger partial charge in [0.1, 0.15) is 0 Å². The van der Waals surface area contributed by atoms with Crippen molar-refractivity contribution < 1.29 is 9.90 Å². The zero-order chi connectivity index (χ0) is 16.9. The first-order valence-corrected chi connectivity index (χ1v) is 7.93. The van der Waals surface area contributed by atoms with Crippen molar-refractivity contribution in [3.05, 3.63) is 71.9 Å². The van der Waals surface area contributed by atoms with E-state index in [1.807, 2.05) is 72.4 Å². The standard InChI is InChI=1S/C19H21N3O2/c1-22-13-16(15-9-5-6-10-17(15)22)18(23)12-21-19(24)20-11-14-7-3-2-4-8-14/h2-10,13,18,23H,11-12H2,1H3,(H2,20,21,24). The van der Waals surface area contributed by atoms with Gasteiger partial charge >= 0.3 is 6.03 Å². The quantitative estimate of drug-likeness (QED) is 0.676. The van der Waals surface area contributed by atoms with Crippen LogP contribution < -0.4 is 10.6 Å². The van der Waals surface area contributed by atoms with Crippen LogP contribution in [0, 0.1) is 0 Å². The Kier molecular flexibility index (Phi) is 4.82. The lowest BCUT2D eigenvalue weighted by Gasteiger charge is -2.12. The van der Waals surface area contributed by atoms with Gasteiger partial charge in [0.25, 0.3) is 0 Å². The third-order valence-electron chi connectivity index (χ3n) is 4.04. The zero-order valence-corrected chi connectivity index (χ0v) is 13.6. The summed E-state index contributed by atoms with van der Waals surface area (Å²) in [7, 11) is 1.94. The van der Waals surface area contributed by atoms with Crippen LogP contribution in [0.2, 0.25) is 0 Å². The highest BCUT2D eigenvalue weighted by molar-refractivity contribution is 5.84. The molecule has 2 aromatic carbocycles. The average molecular weight is 323 g/mol. The fraction of sp³-hybridized carbons (Fsp3) is 0.211. The van der Waals surface area contributed by atoms with E-state index in [4.69, 9.17) is 0 Å². The molecule has 0 aliphatic rings. The number of urea groups is 1. The summed E-state index contributed by atoms with van der Waals surface area (Å²) >= 11 is 0. The molecule has 0 fully saturated rings. The molecule has 0 aliphatic carbocycles. The van der Waals surface area contributed by atoms with Crippen LogP contribution in [0.1, 0.15) is 17.2 Å². The Morgan fingerprint density at radius 2 is 1.79 bits per heavy atom. The molecule has 3 aromatic rings. The Morgan fingerprint density at radius 1 is 1.08 bits per heavy atom. The second-order valence-electron chi connectivity index (χ2n) is 5.78. The number of aromatic nitrogens is 1. The van der Waals surface area contributed by atoms with Crippen molar-refractivity contribution in [3.8, 4) is 0 Å². The number of hydrogen-bond donors (Lipinski definition) is 3. The highest BCUT2D eigenvalue weighted by atomic mass is 16.3. The largest absolute Gasteiger partial charge is 0.386 e. The Bertz CT molecular complexity index is 827. The van der Waals surface area contributed by atoms with E-state index in [9.17, 15) is 9.90 Å². The first-order valence-electron chi connectivity index (χ1n) is 7.93. The van der Waals surface area contributed by atoms with E-state index in [-0.39, 0.29) is 12.6 Å². The van der Waals surface area contributed by atoms with Crippen molar-refractivity contribution >= 4 is 16.9 Å². The fourth-order valence-corrected chi connectivity index (χ4v) is 2.78. The number of rotatable bonds is 5. The number of carbonyl (C=O) groups excluding carboxylic acids is 1. The topological polar surface area (TPSA) is 66.3 Å². The van der Waals surface area contributed by atoms with Crippen LogP contribution in [0.4, 0.5) is 4.79 Å². The minimum atomic E-state index is -0.751. The van der Waals surface area contributed by atoms with Gasteiger partial charge in [0.15, 0.2) is 0 Å². The molecule has 0 spiro atoms. The Labute approximate surface area is 140 Å². The van der Waals surface area contributed by atoms with Gasteiger partial charge in [0.05, 0.1) is 6.10 Å². The number of aliphatic hydroxyl groups excluding tert-OH is 1. The highest BCUT2D eigenvalue weighted by Gasteiger charge is 2.15. The lowest BCUT2D eigenvalue weighted by Crippen LogP contribution is -2.37. The number of aryl methyl sites for hydroxylation is 1. The Balaban J connectivity index is 1.56. The van der Waals surface area contributed by atoms with Crippen LogP contribution in [0.25, 0.3) is 10.9 Å². The minimum absolute atomic E-state index is 0.161. The van der Waals surface area contributed by atoms with Crippen LogP contribution >= 0.6 is 0 Å². The van der Waals surface area contributed by atoms with Gasteiger partial charge in [-0.25, -0.2) is 4.79 Å². The maximum Gasteiger partial charge on any atom is 0.315 e. The second-order valence-corrected chi connectivity index (χ2v) is 5.78. The summed E-state index contributed by atoms with van der Waals surface area (Å²) in [6.07, 6.45) is 1.15. The third-order valence-corrected chi connectivity index (χ3v) is 4.04. The van der Waals surface area contributed by atoms with Crippen LogP contribution in [-0.2, 0) is 13.6 Å². The number of carbonyl (C=O) groups is 1. The third kappa shape index (κ3) is 3.58. The number of para-hydroxylation sites is 1. The van der Waals surface area contributed by atoms with Crippen molar-refractivity contribution in [2.75, 3.05) is 6.54 Å². The van der Waals surface area contributed by atoms with Crippen LogP contribution in [0.5, 0.6) is 0 Å². The first kappa shape index (κ1) is 16.1. The van der Waals surface area contributed by atoms with E-state index >= 15 is 0 Å². The molecule has 3 rings (SSSR count). The predicted molar refractivity (Wildman–Crippen MR) is 94.6 cm³/mol. The predicted octanol–water partition coefficient (Wildman–Crippen LogP) is 2.71. The smallest absolute Gasteiger partial charge is 0.315 e. The van der Waals surface area contributed by atoms with Crippen LogP contribution in [0.15, 0.2) is 60.8 Å². The molecule has 1 heterocycles. The Hall–Kier alpha value is -2.79. The van der Waals surface area contributed by atoms with Gasteiger partial charge in [-0.1, -0.05) is 48.5 Å². The maximum atomic E-state index is 11.9. The van der Waals surface area contributed by atoms with Gasteiger partial charge in [-0.05, 0) is 11.6 Å². The van der Waals surface area contributed by atoms with Crippen molar-refractivity contribution in [2.45, 2.75) is 12.6 Å². The molecular formula is C19H21N3O2. The number of fused-ring (bicyclic) bond motifs is 1. The lowest BCUT2D eigenvalue weighted by molar-refractivity contribution is 0.174. The van der Waals surface area contributed by atoms with Gasteiger partial charge in [-0.15, -0.1) is 0 Å². The number of amides is 2. The number of nitrogens with zero attached hydrogens (tertiary/aromatic N) is 1. The molecule has 24 heavy (non-hydrogen) atoms. The van der Waals surface area contributed by atoms with Gasteiger partial charge in [-0.2, -0.15) is 0 Å². The van der Waals surface area contributed by atoms with Gasteiger partial charge in [0.2, 0.25) is 0 Å². The SMILES string of the molecule is Cn1cc(C(O)CNC(=O)NCc2ccccc2)c2ccccc21.